The van der Waals surface area contributed by atoms with Crippen LogP contribution in [0, 0.1) is 5.82 Å². The number of methoxy groups -OCH3 is 1. The number of rotatable bonds is 7. The Morgan fingerprint density at radius 3 is 2.39 bits per heavy atom. The van der Waals surface area contributed by atoms with E-state index in [0.29, 0.717) is 24.6 Å². The summed E-state index contributed by atoms with van der Waals surface area (Å²) in [5.74, 6) is 0.826. The Labute approximate surface area is 186 Å². The minimum atomic E-state index is -0.354. The van der Waals surface area contributed by atoms with Gasteiger partial charge in [0.25, 0.3) is 0 Å². The summed E-state index contributed by atoms with van der Waals surface area (Å²) in [5.41, 5.74) is 3.54. The number of thioether (sulfide) groups is 1. The zero-order valence-electron chi connectivity index (χ0n) is 16.1. The molecule has 0 aliphatic rings. The molecule has 0 radical (unpaired) electrons. The van der Waals surface area contributed by atoms with E-state index in [0.717, 1.165) is 22.4 Å². The van der Waals surface area contributed by atoms with E-state index in [2.05, 4.69) is 15.6 Å². The van der Waals surface area contributed by atoms with Crippen molar-refractivity contribution >= 4 is 47.7 Å². The Balaban J connectivity index is 0.00000392. The largest absolute Gasteiger partial charge is 0.465 e. The van der Waals surface area contributed by atoms with E-state index in [4.69, 9.17) is 4.74 Å². The van der Waals surface area contributed by atoms with Crippen molar-refractivity contribution in [2.24, 2.45) is 4.99 Å². The van der Waals surface area contributed by atoms with Crippen LogP contribution in [0.3, 0.4) is 0 Å². The summed E-state index contributed by atoms with van der Waals surface area (Å²) in [5, 5.41) is 6.47. The number of ether oxygens (including phenoxy) is 1. The van der Waals surface area contributed by atoms with Crippen molar-refractivity contribution in [2.75, 3.05) is 20.4 Å². The van der Waals surface area contributed by atoms with E-state index in [1.807, 2.05) is 18.4 Å². The zero-order valence-corrected chi connectivity index (χ0v) is 19.3. The number of benzene rings is 2. The molecule has 2 N–H and O–H groups in total. The van der Waals surface area contributed by atoms with Crippen LogP contribution in [0.15, 0.2) is 47.5 Å². The summed E-state index contributed by atoms with van der Waals surface area (Å²) in [4.78, 5) is 15.7. The third-order valence-electron chi connectivity index (χ3n) is 3.97. The Bertz CT molecular complexity index is 801. The van der Waals surface area contributed by atoms with Gasteiger partial charge < -0.3 is 15.4 Å². The molecule has 8 heteroatoms. The molecule has 2 aromatic carbocycles. The summed E-state index contributed by atoms with van der Waals surface area (Å²) in [6.07, 6.45) is 1.99. The predicted octanol–water partition coefficient (Wildman–Crippen LogP) is 3.96. The van der Waals surface area contributed by atoms with Crippen LogP contribution in [0.1, 0.15) is 27.0 Å². The third-order valence-corrected chi connectivity index (χ3v) is 4.57. The molecular weight excluding hydrogens is 492 g/mol. The number of guanidine groups is 1. The van der Waals surface area contributed by atoms with Gasteiger partial charge in [0, 0.05) is 25.9 Å². The SMILES string of the molecule is CN=C(NCc1ccc(C(=O)OC)cc1)NCc1ccc(F)cc1CSC.I. The molecule has 2 aromatic rings. The molecule has 0 atom stereocenters. The summed E-state index contributed by atoms with van der Waals surface area (Å²) < 4.78 is 18.1. The first-order valence-corrected chi connectivity index (χ1v) is 9.84. The van der Waals surface area contributed by atoms with Gasteiger partial charge in [-0.3, -0.25) is 4.99 Å². The molecule has 0 saturated heterocycles. The van der Waals surface area contributed by atoms with E-state index in [-0.39, 0.29) is 35.8 Å². The second kappa shape index (κ2) is 12.6. The van der Waals surface area contributed by atoms with E-state index >= 15 is 0 Å². The highest BCUT2D eigenvalue weighted by Gasteiger charge is 2.07. The van der Waals surface area contributed by atoms with Gasteiger partial charge in [0.2, 0.25) is 0 Å². The molecule has 2 rings (SSSR count). The topological polar surface area (TPSA) is 62.7 Å². The monoisotopic (exact) mass is 517 g/mol. The molecule has 0 bridgehead atoms. The Kier molecular flexibility index (Phi) is 10.9. The normalized spacial score (nSPS) is 10.8. The van der Waals surface area contributed by atoms with Gasteiger partial charge in [-0.05, 0) is 47.2 Å². The molecule has 0 saturated carbocycles. The fourth-order valence-corrected chi connectivity index (χ4v) is 3.10. The molecule has 0 unspecified atom stereocenters. The van der Waals surface area contributed by atoms with Crippen LogP contribution in [-0.4, -0.2) is 32.3 Å². The molecule has 0 aromatic heterocycles. The highest BCUT2D eigenvalue weighted by Crippen LogP contribution is 2.16. The quantitative estimate of drug-likeness (QED) is 0.252. The lowest BCUT2D eigenvalue weighted by molar-refractivity contribution is 0.0600. The van der Waals surface area contributed by atoms with Gasteiger partial charge in [0.05, 0.1) is 12.7 Å². The van der Waals surface area contributed by atoms with Crippen LogP contribution in [-0.2, 0) is 23.6 Å². The molecule has 0 fully saturated rings. The minimum absolute atomic E-state index is 0. The molecule has 0 amide bonds. The number of nitrogens with zero attached hydrogens (tertiary/aromatic N) is 1. The van der Waals surface area contributed by atoms with Crippen LogP contribution in [0.2, 0.25) is 0 Å². The molecule has 0 aliphatic heterocycles. The maximum absolute atomic E-state index is 13.5. The Morgan fingerprint density at radius 2 is 1.79 bits per heavy atom. The Hall–Kier alpha value is -1.81. The highest BCUT2D eigenvalue weighted by molar-refractivity contribution is 14.0. The average Bonchev–Trinajstić information content (AvgIpc) is 2.69. The zero-order chi connectivity index (χ0) is 19.6. The van der Waals surface area contributed by atoms with Crippen LogP contribution in [0.4, 0.5) is 4.39 Å². The molecule has 0 heterocycles. The summed E-state index contributed by atoms with van der Waals surface area (Å²) >= 11 is 1.66. The first-order valence-electron chi connectivity index (χ1n) is 8.45. The van der Waals surface area contributed by atoms with Crippen LogP contribution in [0.5, 0.6) is 0 Å². The van der Waals surface area contributed by atoms with E-state index < -0.39 is 0 Å². The highest BCUT2D eigenvalue weighted by atomic mass is 127. The van der Waals surface area contributed by atoms with E-state index in [1.54, 1.807) is 43.1 Å². The van der Waals surface area contributed by atoms with Crippen molar-refractivity contribution in [3.63, 3.8) is 0 Å². The maximum Gasteiger partial charge on any atom is 0.337 e. The van der Waals surface area contributed by atoms with Gasteiger partial charge in [-0.2, -0.15) is 11.8 Å². The predicted molar refractivity (Wildman–Crippen MR) is 124 cm³/mol. The fourth-order valence-electron chi connectivity index (χ4n) is 2.52. The number of aliphatic imine (C=N–C) groups is 1. The third kappa shape index (κ3) is 7.31. The first-order chi connectivity index (χ1) is 13.1. The van der Waals surface area contributed by atoms with Gasteiger partial charge in [-0.1, -0.05) is 18.2 Å². The number of hydrogen-bond acceptors (Lipinski definition) is 4. The molecule has 0 spiro atoms. The molecule has 0 aliphatic carbocycles. The van der Waals surface area contributed by atoms with Crippen molar-refractivity contribution in [3.8, 4) is 0 Å². The fraction of sp³-hybridized carbons (Fsp3) is 0.300. The number of nitrogens with one attached hydrogen (secondary N) is 2. The lowest BCUT2D eigenvalue weighted by Crippen LogP contribution is -2.36. The van der Waals surface area contributed by atoms with Gasteiger partial charge in [0.1, 0.15) is 5.82 Å². The second-order valence-corrected chi connectivity index (χ2v) is 6.68. The van der Waals surface area contributed by atoms with Crippen molar-refractivity contribution < 1.29 is 13.9 Å². The maximum atomic E-state index is 13.5. The second-order valence-electron chi connectivity index (χ2n) is 5.81. The average molecular weight is 517 g/mol. The van der Waals surface area contributed by atoms with Gasteiger partial charge in [-0.25, -0.2) is 9.18 Å². The first kappa shape index (κ1) is 24.2. The van der Waals surface area contributed by atoms with Gasteiger partial charge in [0.15, 0.2) is 5.96 Å². The molecular formula is C20H25FIN3O2S. The number of carbonyl (C=O) groups excluding carboxylic acids is 1. The standard InChI is InChI=1S/C20H24FN3O2S.HI/c1-22-20(23-11-14-4-6-15(7-5-14)19(25)26-2)24-12-16-8-9-18(21)10-17(16)13-27-3;/h4-10H,11-13H2,1-3H3,(H2,22,23,24);1H. The van der Waals surface area contributed by atoms with Gasteiger partial charge >= 0.3 is 5.97 Å². The van der Waals surface area contributed by atoms with Crippen molar-refractivity contribution in [1.82, 2.24) is 10.6 Å². The van der Waals surface area contributed by atoms with Crippen molar-refractivity contribution in [3.05, 3.63) is 70.5 Å². The van der Waals surface area contributed by atoms with Crippen molar-refractivity contribution in [1.29, 1.82) is 0 Å². The number of hydrogen-bond donors (Lipinski definition) is 2. The van der Waals surface area contributed by atoms with E-state index in [1.165, 1.54) is 13.2 Å². The van der Waals surface area contributed by atoms with Gasteiger partial charge in [-0.15, -0.1) is 24.0 Å². The van der Waals surface area contributed by atoms with Crippen LogP contribution >= 0.6 is 35.7 Å². The molecule has 152 valence electrons. The van der Waals surface area contributed by atoms with Crippen LogP contribution < -0.4 is 10.6 Å². The van der Waals surface area contributed by atoms with Crippen LogP contribution in [0.25, 0.3) is 0 Å². The lowest BCUT2D eigenvalue weighted by atomic mass is 10.1. The molecule has 5 nitrogen and oxygen atoms in total. The Morgan fingerprint density at radius 1 is 1.11 bits per heavy atom. The number of carbonyl (C=O) groups is 1. The summed E-state index contributed by atoms with van der Waals surface area (Å²) in [6, 6.07) is 12.0. The minimum Gasteiger partial charge on any atom is -0.465 e. The number of halogens is 2. The van der Waals surface area contributed by atoms with Crippen molar-refractivity contribution in [2.45, 2.75) is 18.8 Å². The number of esters is 1. The van der Waals surface area contributed by atoms with E-state index in [9.17, 15) is 9.18 Å². The summed E-state index contributed by atoms with van der Waals surface area (Å²) in [7, 11) is 3.06. The lowest BCUT2D eigenvalue weighted by Gasteiger charge is -2.14. The smallest absolute Gasteiger partial charge is 0.337 e. The molecule has 28 heavy (non-hydrogen) atoms. The summed E-state index contributed by atoms with van der Waals surface area (Å²) in [6.45, 7) is 1.11.